The summed E-state index contributed by atoms with van der Waals surface area (Å²) in [5.41, 5.74) is 3.14. The van der Waals surface area contributed by atoms with Gasteiger partial charge in [0.25, 0.3) is 0 Å². The first-order valence-corrected chi connectivity index (χ1v) is 12.7. The molecule has 3 aromatic rings. The number of aliphatic imine (C=N–C) groups is 1. The summed E-state index contributed by atoms with van der Waals surface area (Å²) in [4.78, 5) is 4.01. The number of nitrogens with zero attached hydrogens (tertiary/aromatic N) is 1. The van der Waals surface area contributed by atoms with Crippen LogP contribution in [0.3, 0.4) is 0 Å². The van der Waals surface area contributed by atoms with E-state index in [1.165, 1.54) is 6.07 Å². The third kappa shape index (κ3) is 6.17. The summed E-state index contributed by atoms with van der Waals surface area (Å²) in [7, 11) is 1.87. The number of anilines is 1. The van der Waals surface area contributed by atoms with Gasteiger partial charge in [-0.25, -0.2) is 0 Å². The molecule has 1 saturated carbocycles. The maximum absolute atomic E-state index is 14.1. The number of hydrogen-bond acceptors (Lipinski definition) is 3. The third-order valence-corrected chi connectivity index (χ3v) is 7.14. The molecule has 0 aliphatic heterocycles. The highest BCUT2D eigenvalue weighted by Crippen LogP contribution is 2.55. The van der Waals surface area contributed by atoms with E-state index >= 15 is 0 Å². The molecule has 1 fully saturated rings. The molecule has 1 aliphatic rings. The summed E-state index contributed by atoms with van der Waals surface area (Å²) in [5, 5.41) is 3.10. The second-order valence-electron chi connectivity index (χ2n) is 10.8. The van der Waals surface area contributed by atoms with Crippen molar-refractivity contribution in [1.82, 2.24) is 0 Å². The molecule has 0 spiro atoms. The van der Waals surface area contributed by atoms with E-state index < -0.39 is 17.3 Å². The number of nitrogens with one attached hydrogen (secondary N) is 1. The van der Waals surface area contributed by atoms with E-state index in [9.17, 15) is 13.2 Å². The fourth-order valence-corrected chi connectivity index (χ4v) is 5.13. The maximum atomic E-state index is 14.1. The average Bonchev–Trinajstić information content (AvgIpc) is 3.60. The Hall–Kier alpha value is -3.28. The van der Waals surface area contributed by atoms with E-state index in [0.29, 0.717) is 17.2 Å². The summed E-state index contributed by atoms with van der Waals surface area (Å²) in [6.45, 7) is 11.7. The smallest absolute Gasteiger partial charge is 0.417 e. The van der Waals surface area contributed by atoms with Gasteiger partial charge in [0.2, 0.25) is 0 Å². The Labute approximate surface area is 217 Å². The molecule has 1 N–H and O–H groups in total. The summed E-state index contributed by atoms with van der Waals surface area (Å²) in [6.07, 6.45) is -2.75. The lowest BCUT2D eigenvalue weighted by Crippen LogP contribution is -2.29. The Morgan fingerprint density at radius 3 is 2.30 bits per heavy atom. The minimum Gasteiger partial charge on any atom is -0.488 e. The lowest BCUT2D eigenvalue weighted by molar-refractivity contribution is -0.137. The molecular weight excluding hydrogens is 473 g/mol. The summed E-state index contributed by atoms with van der Waals surface area (Å²) < 4.78 is 48.6. The zero-order chi connectivity index (χ0) is 27.0. The molecule has 0 bridgehead atoms. The van der Waals surface area contributed by atoms with Crippen molar-refractivity contribution in [3.63, 3.8) is 0 Å². The highest BCUT2D eigenvalue weighted by atomic mass is 19.4. The van der Waals surface area contributed by atoms with Crippen LogP contribution in [-0.2, 0) is 6.18 Å². The van der Waals surface area contributed by atoms with Crippen LogP contribution < -0.4 is 10.1 Å². The fraction of sp³-hybridized carbons (Fsp3) is 0.387. The molecule has 2 unspecified atom stereocenters. The Balaban J connectivity index is 1.64. The predicted molar refractivity (Wildman–Crippen MR) is 146 cm³/mol. The molecule has 6 heteroatoms. The first-order valence-electron chi connectivity index (χ1n) is 12.7. The number of rotatable bonds is 9. The van der Waals surface area contributed by atoms with Gasteiger partial charge in [-0.1, -0.05) is 32.0 Å². The van der Waals surface area contributed by atoms with Gasteiger partial charge in [0, 0.05) is 12.7 Å². The van der Waals surface area contributed by atoms with E-state index in [-0.39, 0.29) is 17.4 Å². The van der Waals surface area contributed by atoms with E-state index in [0.717, 1.165) is 35.4 Å². The molecule has 0 radical (unpaired) electrons. The van der Waals surface area contributed by atoms with Crippen LogP contribution in [0.15, 0.2) is 65.7 Å². The van der Waals surface area contributed by atoms with Crippen molar-refractivity contribution in [2.24, 2.45) is 10.9 Å². The minimum absolute atomic E-state index is 0.110. The molecule has 3 nitrogen and oxygen atoms in total. The standard InChI is InChI=1S/C31H35F3N2O/c1-19(2)20-7-14-29(31(32,33)34)28(15-20)27-17-23(36-6)10-13-25(27)26-16-21(26)18-30(3,4)37-24-11-8-22(35-5)9-12-24/h7-15,17,19,21,26,35H,6,16,18H2,1-5H3. The highest BCUT2D eigenvalue weighted by molar-refractivity contribution is 5.76. The number of benzene rings is 3. The van der Waals surface area contributed by atoms with Crippen LogP contribution in [0.4, 0.5) is 24.5 Å². The van der Waals surface area contributed by atoms with Crippen molar-refractivity contribution < 1.29 is 17.9 Å². The van der Waals surface area contributed by atoms with Gasteiger partial charge < -0.3 is 10.1 Å². The highest BCUT2D eigenvalue weighted by Gasteiger charge is 2.44. The second kappa shape index (κ2) is 10.2. The zero-order valence-electron chi connectivity index (χ0n) is 22.1. The zero-order valence-corrected chi connectivity index (χ0v) is 22.1. The van der Waals surface area contributed by atoms with Crippen LogP contribution in [0.2, 0.25) is 0 Å². The van der Waals surface area contributed by atoms with Gasteiger partial charge in [-0.3, -0.25) is 4.99 Å². The van der Waals surface area contributed by atoms with Crippen LogP contribution in [0.5, 0.6) is 5.75 Å². The molecule has 2 atom stereocenters. The molecule has 0 amide bonds. The molecular formula is C31H35F3N2O. The minimum atomic E-state index is -4.46. The van der Waals surface area contributed by atoms with Gasteiger partial charge in [0.05, 0.1) is 11.3 Å². The normalized spacial score (nSPS) is 17.5. The number of alkyl halides is 3. The molecule has 3 aromatic carbocycles. The van der Waals surface area contributed by atoms with Crippen LogP contribution in [0.25, 0.3) is 11.1 Å². The number of hydrogen-bond donors (Lipinski definition) is 1. The van der Waals surface area contributed by atoms with Crippen molar-refractivity contribution in [3.05, 3.63) is 77.4 Å². The Morgan fingerprint density at radius 1 is 1.00 bits per heavy atom. The molecule has 0 aromatic heterocycles. The predicted octanol–water partition coefficient (Wildman–Crippen LogP) is 9.22. The Bertz CT molecular complexity index is 1260. The monoisotopic (exact) mass is 508 g/mol. The lowest BCUT2D eigenvalue weighted by Gasteiger charge is -2.27. The topological polar surface area (TPSA) is 33.6 Å². The lowest BCUT2D eigenvalue weighted by atomic mass is 9.88. The third-order valence-electron chi connectivity index (χ3n) is 7.14. The number of halogens is 3. The molecule has 196 valence electrons. The number of ether oxygens (including phenoxy) is 1. The molecule has 1 aliphatic carbocycles. The molecule has 0 saturated heterocycles. The van der Waals surface area contributed by atoms with E-state index in [1.807, 2.05) is 57.3 Å². The quantitative estimate of drug-likeness (QED) is 0.292. The van der Waals surface area contributed by atoms with Gasteiger partial charge >= 0.3 is 6.18 Å². The van der Waals surface area contributed by atoms with Gasteiger partial charge in [-0.15, -0.1) is 0 Å². The van der Waals surface area contributed by atoms with Crippen molar-refractivity contribution >= 4 is 18.1 Å². The van der Waals surface area contributed by atoms with E-state index in [4.69, 9.17) is 4.74 Å². The largest absolute Gasteiger partial charge is 0.488 e. The second-order valence-corrected chi connectivity index (χ2v) is 10.8. The fourth-order valence-electron chi connectivity index (χ4n) is 5.13. The van der Waals surface area contributed by atoms with Gasteiger partial charge in [-0.05, 0) is 116 Å². The maximum Gasteiger partial charge on any atom is 0.417 e. The van der Waals surface area contributed by atoms with E-state index in [1.54, 1.807) is 18.2 Å². The summed E-state index contributed by atoms with van der Waals surface area (Å²) in [6, 6.07) is 17.8. The average molecular weight is 509 g/mol. The van der Waals surface area contributed by atoms with E-state index in [2.05, 4.69) is 30.9 Å². The summed E-state index contributed by atoms with van der Waals surface area (Å²) in [5.74, 6) is 1.38. The van der Waals surface area contributed by atoms with Crippen LogP contribution >= 0.6 is 0 Å². The van der Waals surface area contributed by atoms with Crippen LogP contribution in [0, 0.1) is 5.92 Å². The summed E-state index contributed by atoms with van der Waals surface area (Å²) >= 11 is 0. The van der Waals surface area contributed by atoms with Crippen molar-refractivity contribution in [3.8, 4) is 16.9 Å². The molecule has 0 heterocycles. The van der Waals surface area contributed by atoms with Gasteiger partial charge in [0.1, 0.15) is 11.4 Å². The van der Waals surface area contributed by atoms with Crippen molar-refractivity contribution in [2.45, 2.75) is 64.1 Å². The Morgan fingerprint density at radius 2 is 1.70 bits per heavy atom. The van der Waals surface area contributed by atoms with Crippen LogP contribution in [0.1, 0.15) is 69.1 Å². The SMILES string of the molecule is C=Nc1ccc(C2CC2CC(C)(C)Oc2ccc(NC)cc2)c(-c2cc(C(C)C)ccc2C(F)(F)F)c1. The molecule has 4 rings (SSSR count). The van der Waals surface area contributed by atoms with Gasteiger partial charge in [0.15, 0.2) is 0 Å². The Kier molecular flexibility index (Phi) is 7.40. The molecule has 37 heavy (non-hydrogen) atoms. The van der Waals surface area contributed by atoms with Crippen LogP contribution in [-0.4, -0.2) is 19.4 Å². The van der Waals surface area contributed by atoms with Crippen molar-refractivity contribution in [2.75, 3.05) is 12.4 Å². The first-order chi connectivity index (χ1) is 17.4. The first kappa shape index (κ1) is 26.8. The van der Waals surface area contributed by atoms with Gasteiger partial charge in [-0.2, -0.15) is 13.2 Å². The van der Waals surface area contributed by atoms with Crippen molar-refractivity contribution in [1.29, 1.82) is 0 Å².